The Hall–Kier alpha value is -2.44. The van der Waals surface area contributed by atoms with Crippen LogP contribution >= 0.6 is 0 Å². The Balaban J connectivity index is 1.49. The smallest absolute Gasteiger partial charge is 0.228 e. The van der Waals surface area contributed by atoms with Crippen molar-refractivity contribution in [2.45, 2.75) is 32.7 Å². The molecule has 7 heteroatoms. The highest BCUT2D eigenvalue weighted by atomic mass is 19.1. The maximum absolute atomic E-state index is 13.0. The number of rotatable bonds is 4. The van der Waals surface area contributed by atoms with E-state index in [-0.39, 0.29) is 48.3 Å². The molecule has 3 rings (SSSR count). The minimum atomic E-state index is -0.320. The van der Waals surface area contributed by atoms with Crippen LogP contribution in [0.1, 0.15) is 25.8 Å². The topological polar surface area (TPSA) is 60.9 Å². The predicted molar refractivity (Wildman–Crippen MR) is 98.2 cm³/mol. The quantitative estimate of drug-likeness (QED) is 0.797. The van der Waals surface area contributed by atoms with Crippen molar-refractivity contribution < 1.29 is 18.8 Å². The molecule has 0 aliphatic carbocycles. The average Bonchev–Trinajstić information content (AvgIpc) is 3.05. The maximum atomic E-state index is 13.0. The largest absolute Gasteiger partial charge is 0.339 e. The minimum absolute atomic E-state index is 0.0112. The van der Waals surface area contributed by atoms with Gasteiger partial charge in [0, 0.05) is 45.2 Å². The van der Waals surface area contributed by atoms with E-state index < -0.39 is 0 Å². The first-order valence-corrected chi connectivity index (χ1v) is 9.45. The zero-order valence-electron chi connectivity index (χ0n) is 15.9. The van der Waals surface area contributed by atoms with Crippen LogP contribution in [0.3, 0.4) is 0 Å². The van der Waals surface area contributed by atoms with Gasteiger partial charge in [-0.15, -0.1) is 0 Å². The maximum Gasteiger partial charge on any atom is 0.228 e. The summed E-state index contributed by atoms with van der Waals surface area (Å²) in [5.41, 5.74) is 0.776. The molecular formula is C20H26FN3O3. The molecule has 2 heterocycles. The zero-order valence-corrected chi connectivity index (χ0v) is 15.9. The molecule has 0 bridgehead atoms. The van der Waals surface area contributed by atoms with Crippen LogP contribution in [-0.2, 0) is 20.8 Å². The molecule has 0 N–H and O–H groups in total. The predicted octanol–water partition coefficient (Wildman–Crippen LogP) is 1.30. The van der Waals surface area contributed by atoms with Crippen LogP contribution in [0.5, 0.6) is 0 Å². The van der Waals surface area contributed by atoms with Gasteiger partial charge in [-0.2, -0.15) is 0 Å². The second kappa shape index (κ2) is 8.06. The van der Waals surface area contributed by atoms with Crippen molar-refractivity contribution in [1.29, 1.82) is 0 Å². The van der Waals surface area contributed by atoms with E-state index >= 15 is 0 Å². The van der Waals surface area contributed by atoms with Gasteiger partial charge in [0.15, 0.2) is 0 Å². The van der Waals surface area contributed by atoms with E-state index in [0.717, 1.165) is 5.56 Å². The molecule has 0 spiro atoms. The van der Waals surface area contributed by atoms with Gasteiger partial charge in [0.2, 0.25) is 17.7 Å². The molecule has 2 saturated heterocycles. The molecule has 2 fully saturated rings. The van der Waals surface area contributed by atoms with Crippen molar-refractivity contribution in [2.24, 2.45) is 5.92 Å². The molecule has 0 radical (unpaired) electrons. The number of piperazine rings is 1. The van der Waals surface area contributed by atoms with Crippen molar-refractivity contribution in [3.05, 3.63) is 35.6 Å². The first-order valence-electron chi connectivity index (χ1n) is 9.45. The normalized spacial score (nSPS) is 20.5. The van der Waals surface area contributed by atoms with E-state index in [1.807, 2.05) is 13.8 Å². The van der Waals surface area contributed by atoms with Gasteiger partial charge in [-0.05, 0) is 31.5 Å². The number of halogens is 1. The molecule has 1 aromatic carbocycles. The lowest BCUT2D eigenvalue weighted by Gasteiger charge is -2.36. The van der Waals surface area contributed by atoms with Crippen molar-refractivity contribution in [3.63, 3.8) is 0 Å². The van der Waals surface area contributed by atoms with E-state index in [4.69, 9.17) is 0 Å². The van der Waals surface area contributed by atoms with Gasteiger partial charge in [0.05, 0.1) is 12.3 Å². The van der Waals surface area contributed by atoms with Gasteiger partial charge in [0.25, 0.3) is 0 Å². The highest BCUT2D eigenvalue weighted by Crippen LogP contribution is 2.23. The summed E-state index contributed by atoms with van der Waals surface area (Å²) in [7, 11) is 0. The zero-order chi connectivity index (χ0) is 19.6. The third-order valence-corrected chi connectivity index (χ3v) is 5.34. The highest BCUT2D eigenvalue weighted by molar-refractivity contribution is 5.89. The molecule has 146 valence electrons. The fraction of sp³-hybridized carbons (Fsp3) is 0.550. The van der Waals surface area contributed by atoms with Crippen LogP contribution in [0, 0.1) is 11.7 Å². The van der Waals surface area contributed by atoms with Gasteiger partial charge in [-0.25, -0.2) is 4.39 Å². The summed E-state index contributed by atoms with van der Waals surface area (Å²) in [5.74, 6) is -0.564. The lowest BCUT2D eigenvalue weighted by Crippen LogP contribution is -2.52. The van der Waals surface area contributed by atoms with Crippen LogP contribution in [0.15, 0.2) is 24.3 Å². The van der Waals surface area contributed by atoms with Gasteiger partial charge in [0.1, 0.15) is 5.82 Å². The number of nitrogens with zero attached hydrogens (tertiary/aromatic N) is 3. The fourth-order valence-electron chi connectivity index (χ4n) is 3.72. The first-order chi connectivity index (χ1) is 12.8. The molecule has 1 unspecified atom stereocenters. The lowest BCUT2D eigenvalue weighted by atomic mass is 10.1. The Kier molecular flexibility index (Phi) is 5.77. The number of hydrogen-bond donors (Lipinski definition) is 0. The SMILES string of the molecule is CC(C)N1CC(C(=O)N2CCN(C(=O)Cc3ccc(F)cc3)CC2)CC1=O. The van der Waals surface area contributed by atoms with Crippen LogP contribution in [-0.4, -0.2) is 71.2 Å². The van der Waals surface area contributed by atoms with Gasteiger partial charge in [-0.3, -0.25) is 14.4 Å². The van der Waals surface area contributed by atoms with Crippen molar-refractivity contribution in [2.75, 3.05) is 32.7 Å². The summed E-state index contributed by atoms with van der Waals surface area (Å²) in [4.78, 5) is 42.4. The van der Waals surface area contributed by atoms with Crippen molar-refractivity contribution in [1.82, 2.24) is 14.7 Å². The molecule has 1 aromatic rings. The van der Waals surface area contributed by atoms with Gasteiger partial charge in [-0.1, -0.05) is 12.1 Å². The Morgan fingerprint density at radius 2 is 1.67 bits per heavy atom. The van der Waals surface area contributed by atoms with E-state index in [9.17, 15) is 18.8 Å². The molecule has 6 nitrogen and oxygen atoms in total. The summed E-state index contributed by atoms with van der Waals surface area (Å²) in [6.07, 6.45) is 0.509. The summed E-state index contributed by atoms with van der Waals surface area (Å²) in [5, 5.41) is 0. The molecule has 1 atom stereocenters. The standard InChI is InChI=1S/C20H26FN3O3/c1-14(2)24-13-16(12-19(24)26)20(27)23-9-7-22(8-10-23)18(25)11-15-3-5-17(21)6-4-15/h3-6,14,16H,7-13H2,1-2H3. The third-order valence-electron chi connectivity index (χ3n) is 5.34. The summed E-state index contributed by atoms with van der Waals surface area (Å²) >= 11 is 0. The van der Waals surface area contributed by atoms with Crippen LogP contribution in [0.2, 0.25) is 0 Å². The second-order valence-corrected chi connectivity index (χ2v) is 7.55. The Morgan fingerprint density at radius 1 is 1.07 bits per heavy atom. The molecule has 2 aliphatic heterocycles. The number of carbonyl (C=O) groups is 3. The molecule has 0 aromatic heterocycles. The third kappa shape index (κ3) is 4.46. The van der Waals surface area contributed by atoms with Gasteiger partial charge < -0.3 is 14.7 Å². The van der Waals surface area contributed by atoms with Crippen molar-refractivity contribution >= 4 is 17.7 Å². The molecular weight excluding hydrogens is 349 g/mol. The molecule has 3 amide bonds. The van der Waals surface area contributed by atoms with E-state index in [0.29, 0.717) is 32.7 Å². The minimum Gasteiger partial charge on any atom is -0.339 e. The van der Waals surface area contributed by atoms with Crippen LogP contribution < -0.4 is 0 Å². The summed E-state index contributed by atoms with van der Waals surface area (Å²) in [6.45, 7) is 6.34. The Labute approximate surface area is 158 Å². The number of benzene rings is 1. The number of carbonyl (C=O) groups excluding carboxylic acids is 3. The summed E-state index contributed by atoms with van der Waals surface area (Å²) < 4.78 is 13.0. The second-order valence-electron chi connectivity index (χ2n) is 7.55. The average molecular weight is 375 g/mol. The number of hydrogen-bond acceptors (Lipinski definition) is 3. The molecule has 27 heavy (non-hydrogen) atoms. The lowest BCUT2D eigenvalue weighted by molar-refractivity contribution is -0.141. The number of amides is 3. The van der Waals surface area contributed by atoms with E-state index in [1.165, 1.54) is 12.1 Å². The Morgan fingerprint density at radius 3 is 2.22 bits per heavy atom. The van der Waals surface area contributed by atoms with Crippen LogP contribution in [0.25, 0.3) is 0 Å². The summed E-state index contributed by atoms with van der Waals surface area (Å²) in [6, 6.07) is 6.04. The first kappa shape index (κ1) is 19.3. The van der Waals surface area contributed by atoms with E-state index in [1.54, 1.807) is 26.8 Å². The highest BCUT2D eigenvalue weighted by Gasteiger charge is 2.38. The Bertz CT molecular complexity index is 712. The fourth-order valence-corrected chi connectivity index (χ4v) is 3.72. The molecule has 2 aliphatic rings. The monoisotopic (exact) mass is 375 g/mol. The van der Waals surface area contributed by atoms with Gasteiger partial charge >= 0.3 is 0 Å². The van der Waals surface area contributed by atoms with E-state index in [2.05, 4.69) is 0 Å². The van der Waals surface area contributed by atoms with Crippen molar-refractivity contribution in [3.8, 4) is 0 Å². The number of likely N-dealkylation sites (tertiary alicyclic amines) is 1. The van der Waals surface area contributed by atoms with Crippen LogP contribution in [0.4, 0.5) is 4.39 Å². The molecule has 0 saturated carbocycles.